The first-order valence-corrected chi connectivity index (χ1v) is 12.6. The number of rotatable bonds is 2. The summed E-state index contributed by atoms with van der Waals surface area (Å²) in [6, 6.07) is 16.6. The van der Waals surface area contributed by atoms with Crippen LogP contribution >= 0.6 is 11.8 Å². The highest BCUT2D eigenvalue weighted by Gasteiger charge is 2.29. The predicted octanol–water partition coefficient (Wildman–Crippen LogP) is 2.92. The van der Waals surface area contributed by atoms with Gasteiger partial charge in [0.25, 0.3) is 10.1 Å². The second-order valence-electron chi connectivity index (χ2n) is 7.73. The van der Waals surface area contributed by atoms with Gasteiger partial charge in [-0.25, -0.2) is 0 Å². The fourth-order valence-electron chi connectivity index (χ4n) is 3.83. The van der Waals surface area contributed by atoms with E-state index < -0.39 is 10.1 Å². The fourth-order valence-corrected chi connectivity index (χ4v) is 5.03. The van der Waals surface area contributed by atoms with Gasteiger partial charge >= 0.3 is 0 Å². The van der Waals surface area contributed by atoms with Crippen LogP contribution in [-0.4, -0.2) is 67.7 Å². The van der Waals surface area contributed by atoms with Gasteiger partial charge in [0.1, 0.15) is 0 Å². The third-order valence-electron chi connectivity index (χ3n) is 5.43. The van der Waals surface area contributed by atoms with Crippen LogP contribution in [0.5, 0.6) is 0 Å². The predicted molar refractivity (Wildman–Crippen MR) is 123 cm³/mol. The molecule has 2 aromatic carbocycles. The Morgan fingerprint density at radius 2 is 1.70 bits per heavy atom. The van der Waals surface area contributed by atoms with Crippen molar-refractivity contribution in [2.24, 2.45) is 0 Å². The Kier molecular flexibility index (Phi) is 8.90. The van der Waals surface area contributed by atoms with Gasteiger partial charge in [-0.15, -0.1) is 0 Å². The van der Waals surface area contributed by atoms with Crippen LogP contribution in [0.15, 0.2) is 52.3 Å². The van der Waals surface area contributed by atoms with Crippen LogP contribution in [0.4, 0.5) is 0 Å². The average Bonchev–Trinajstić information content (AvgIpc) is 2.83. The zero-order valence-corrected chi connectivity index (χ0v) is 19.5. The summed E-state index contributed by atoms with van der Waals surface area (Å²) in [4.78, 5) is 8.04. The van der Waals surface area contributed by atoms with E-state index in [0.29, 0.717) is 12.3 Å². The maximum absolute atomic E-state index is 9.19. The molecule has 2 aliphatic heterocycles. The van der Waals surface area contributed by atoms with Crippen molar-refractivity contribution in [3.05, 3.63) is 59.2 Å². The van der Waals surface area contributed by atoms with E-state index in [1.54, 1.807) is 0 Å². The number of piperazine rings is 1. The summed E-state index contributed by atoms with van der Waals surface area (Å²) in [5, 5.41) is 0. The number of benzene rings is 2. The quantitative estimate of drug-likeness (QED) is 0.705. The molecule has 1 unspecified atom stereocenters. The molecule has 1 atom stereocenters. The van der Waals surface area contributed by atoms with Gasteiger partial charge in [-0.05, 0) is 48.7 Å². The zero-order chi connectivity index (χ0) is 21.0. The Bertz CT molecular complexity index is 934. The second-order valence-corrected chi connectivity index (χ2v) is 10.3. The first-order valence-electron chi connectivity index (χ1n) is 9.98. The molecule has 0 aromatic heterocycles. The molecule has 1 saturated heterocycles. The summed E-state index contributed by atoms with van der Waals surface area (Å²) in [6.07, 6.45) is 2.95. The van der Waals surface area contributed by atoms with Crippen LogP contribution in [0, 0.1) is 0 Å². The summed E-state index contributed by atoms with van der Waals surface area (Å²) >= 11 is 1.96. The monoisotopic (exact) mass is 452 g/mol. The first-order chi connectivity index (χ1) is 13.7. The van der Waals surface area contributed by atoms with Crippen molar-refractivity contribution in [3.63, 3.8) is 0 Å². The number of fused-ring (bicyclic) bond motifs is 2. The van der Waals surface area contributed by atoms with Gasteiger partial charge in [-0.2, -0.15) is 8.42 Å². The van der Waals surface area contributed by atoms with Crippen molar-refractivity contribution in [2.45, 2.75) is 35.6 Å². The summed E-state index contributed by atoms with van der Waals surface area (Å²) in [6.45, 7) is 6.93. The molecule has 1 fully saturated rings. The second kappa shape index (κ2) is 10.7. The molecule has 4 rings (SSSR count). The molecular formula is C22H32N2O4S2. The number of aryl methyl sites for hydroxylation is 1. The molecule has 166 valence electrons. The lowest BCUT2D eigenvalue weighted by Gasteiger charge is -2.38. The summed E-state index contributed by atoms with van der Waals surface area (Å²) in [7, 11) is -1.43. The first kappa shape index (κ1) is 24.8. The third kappa shape index (κ3) is 6.80. The van der Waals surface area contributed by atoms with Crippen molar-refractivity contribution in [1.82, 2.24) is 9.80 Å². The van der Waals surface area contributed by atoms with Crippen molar-refractivity contribution in [1.29, 1.82) is 0 Å². The Morgan fingerprint density at radius 1 is 1.07 bits per heavy atom. The summed E-state index contributed by atoms with van der Waals surface area (Å²) in [5.74, 6) is 0. The largest absolute Gasteiger partial charge is 0.412 e. The molecule has 0 amide bonds. The minimum Gasteiger partial charge on any atom is -0.412 e. The molecule has 30 heavy (non-hydrogen) atoms. The molecule has 0 saturated carbocycles. The van der Waals surface area contributed by atoms with Crippen molar-refractivity contribution in [2.75, 3.05) is 39.5 Å². The van der Waals surface area contributed by atoms with Gasteiger partial charge in [-0.1, -0.05) is 49.0 Å². The van der Waals surface area contributed by atoms with E-state index in [0.717, 1.165) is 12.8 Å². The molecule has 0 aliphatic carbocycles. The summed E-state index contributed by atoms with van der Waals surface area (Å²) in [5.41, 5.74) is 4.47. The van der Waals surface area contributed by atoms with Crippen LogP contribution in [0.2, 0.25) is 0 Å². The Morgan fingerprint density at radius 3 is 2.33 bits per heavy atom. The minimum absolute atomic E-state index is 0. The van der Waals surface area contributed by atoms with Gasteiger partial charge in [0.2, 0.25) is 0 Å². The van der Waals surface area contributed by atoms with Gasteiger partial charge in [0, 0.05) is 42.0 Å². The van der Waals surface area contributed by atoms with Crippen LogP contribution in [-0.2, 0) is 23.0 Å². The van der Waals surface area contributed by atoms with E-state index in [9.17, 15) is 8.42 Å². The smallest absolute Gasteiger partial charge is 0.261 e. The Labute approximate surface area is 184 Å². The maximum Gasteiger partial charge on any atom is 0.261 e. The number of hydrogen-bond donors (Lipinski definition) is 1. The van der Waals surface area contributed by atoms with E-state index >= 15 is 0 Å². The summed E-state index contributed by atoms with van der Waals surface area (Å²) < 4.78 is 25.9. The topological polar surface area (TPSA) is 92.4 Å². The van der Waals surface area contributed by atoms with Crippen LogP contribution in [0.3, 0.4) is 0 Å². The molecule has 2 aromatic rings. The maximum atomic E-state index is 9.19. The van der Waals surface area contributed by atoms with E-state index in [1.165, 1.54) is 52.7 Å². The van der Waals surface area contributed by atoms with Gasteiger partial charge in [-0.3, -0.25) is 9.45 Å². The van der Waals surface area contributed by atoms with E-state index in [1.807, 2.05) is 11.8 Å². The van der Waals surface area contributed by atoms with E-state index in [4.69, 9.17) is 4.55 Å². The SMILES string of the molecule is CCc1ccc2c(c1)Sc1ccccc1CC2N1CCN(C)CC1.CS(=O)(=O)O.O. The van der Waals surface area contributed by atoms with Crippen molar-refractivity contribution >= 4 is 21.9 Å². The average molecular weight is 453 g/mol. The number of likely N-dealkylation sites (N-methyl/N-ethyl adjacent to an activating group) is 1. The van der Waals surface area contributed by atoms with Crippen molar-refractivity contribution in [3.8, 4) is 0 Å². The molecule has 8 heteroatoms. The zero-order valence-electron chi connectivity index (χ0n) is 17.8. The normalized spacial score (nSPS) is 19.4. The number of nitrogens with zero attached hydrogens (tertiary/aromatic N) is 2. The molecule has 0 radical (unpaired) electrons. The minimum atomic E-state index is -3.67. The van der Waals surface area contributed by atoms with Crippen LogP contribution in [0.1, 0.15) is 29.7 Å². The highest BCUT2D eigenvalue weighted by molar-refractivity contribution is 7.99. The molecule has 6 nitrogen and oxygen atoms in total. The van der Waals surface area contributed by atoms with Crippen LogP contribution in [0.25, 0.3) is 0 Å². The van der Waals surface area contributed by atoms with Gasteiger partial charge in [0.05, 0.1) is 6.26 Å². The number of hydrogen-bond acceptors (Lipinski definition) is 5. The highest BCUT2D eigenvalue weighted by Crippen LogP contribution is 2.43. The molecule has 2 aliphatic rings. The standard InChI is InChI=1S/C21H26N2S.CH4O3S.H2O/c1-3-16-8-9-18-19(23-12-10-22(2)11-13-23)15-17-6-4-5-7-20(17)24-21(18)14-16;1-5(2,3)4;/h4-9,14,19H,3,10-13,15H2,1-2H3;1H3,(H,2,3,4);1H2. The lowest BCUT2D eigenvalue weighted by molar-refractivity contribution is 0.110. The van der Waals surface area contributed by atoms with Gasteiger partial charge in [0.15, 0.2) is 0 Å². The third-order valence-corrected chi connectivity index (χ3v) is 6.62. The molecule has 3 N–H and O–H groups in total. The molecule has 0 spiro atoms. The van der Waals surface area contributed by atoms with E-state index in [2.05, 4.69) is 66.2 Å². The highest BCUT2D eigenvalue weighted by atomic mass is 32.2. The van der Waals surface area contributed by atoms with Gasteiger partial charge < -0.3 is 10.4 Å². The lowest BCUT2D eigenvalue weighted by atomic mass is 9.95. The molecular weight excluding hydrogens is 420 g/mol. The fraction of sp³-hybridized carbons (Fsp3) is 0.455. The molecule has 0 bridgehead atoms. The lowest BCUT2D eigenvalue weighted by Crippen LogP contribution is -2.46. The van der Waals surface area contributed by atoms with Crippen LogP contribution < -0.4 is 0 Å². The molecule has 2 heterocycles. The van der Waals surface area contributed by atoms with Crippen molar-refractivity contribution < 1.29 is 18.4 Å². The Balaban J connectivity index is 0.000000482. The van der Waals surface area contributed by atoms with E-state index in [-0.39, 0.29) is 5.48 Å². The Hall–Kier alpha value is -1.42.